The highest BCUT2D eigenvalue weighted by Crippen LogP contribution is 2.26. The number of nitrogens with zero attached hydrogens (tertiary/aromatic N) is 3. The molecule has 0 atom stereocenters. The van der Waals surface area contributed by atoms with E-state index in [1.165, 1.54) is 16.7 Å². The molecule has 1 aromatic heterocycles. The summed E-state index contributed by atoms with van der Waals surface area (Å²) in [6, 6.07) is 10.5. The molecule has 0 radical (unpaired) electrons. The Morgan fingerprint density at radius 3 is 2.53 bits per heavy atom. The van der Waals surface area contributed by atoms with Crippen LogP contribution >= 0.6 is 23.5 Å². The highest BCUT2D eigenvalue weighted by Gasteiger charge is 2.30. The van der Waals surface area contributed by atoms with Crippen LogP contribution in [0.4, 0.5) is 5.82 Å². The van der Waals surface area contributed by atoms with Crippen molar-refractivity contribution in [2.75, 3.05) is 30.0 Å². The van der Waals surface area contributed by atoms with Crippen molar-refractivity contribution < 1.29 is 9.59 Å². The van der Waals surface area contributed by atoms with Crippen LogP contribution in [0.15, 0.2) is 46.6 Å². The normalized spacial score (nSPS) is 16.6. The Kier molecular flexibility index (Phi) is 7.91. The number of nitrogens with one attached hydrogen (secondary N) is 2. The Bertz CT molecular complexity index is 928. The van der Waals surface area contributed by atoms with E-state index in [-0.39, 0.29) is 17.7 Å². The fourth-order valence-corrected chi connectivity index (χ4v) is 4.73. The molecule has 7 nitrogen and oxygen atoms in total. The first-order valence-electron chi connectivity index (χ1n) is 11.0. The van der Waals surface area contributed by atoms with Crippen LogP contribution in [0.2, 0.25) is 0 Å². The van der Waals surface area contributed by atoms with Gasteiger partial charge in [-0.15, -0.1) is 11.8 Å². The number of benzene rings is 1. The first-order valence-corrected chi connectivity index (χ1v) is 13.2. The summed E-state index contributed by atoms with van der Waals surface area (Å²) in [6.45, 7) is 2.13. The smallest absolute Gasteiger partial charge is 0.230 e. The summed E-state index contributed by atoms with van der Waals surface area (Å²) < 4.78 is 0. The van der Waals surface area contributed by atoms with Crippen molar-refractivity contribution in [1.82, 2.24) is 20.6 Å². The molecule has 2 heterocycles. The summed E-state index contributed by atoms with van der Waals surface area (Å²) in [7, 11) is 0. The van der Waals surface area contributed by atoms with Crippen molar-refractivity contribution in [2.45, 2.75) is 48.2 Å². The van der Waals surface area contributed by atoms with Gasteiger partial charge in [0.05, 0.1) is 5.75 Å². The van der Waals surface area contributed by atoms with Crippen molar-refractivity contribution >= 4 is 41.2 Å². The van der Waals surface area contributed by atoms with Crippen LogP contribution in [0.1, 0.15) is 31.2 Å². The summed E-state index contributed by atoms with van der Waals surface area (Å²) in [4.78, 5) is 36.6. The summed E-state index contributed by atoms with van der Waals surface area (Å²) >= 11 is 3.11. The molecule has 1 aromatic carbocycles. The monoisotopic (exact) mass is 471 g/mol. The van der Waals surface area contributed by atoms with Crippen LogP contribution in [-0.2, 0) is 16.1 Å². The lowest BCUT2D eigenvalue weighted by molar-refractivity contribution is -0.125. The van der Waals surface area contributed by atoms with E-state index in [0.29, 0.717) is 18.3 Å². The van der Waals surface area contributed by atoms with Crippen molar-refractivity contribution in [2.24, 2.45) is 5.92 Å². The van der Waals surface area contributed by atoms with Crippen LogP contribution in [0.25, 0.3) is 0 Å². The molecule has 9 heteroatoms. The zero-order chi connectivity index (χ0) is 22.3. The third-order valence-electron chi connectivity index (χ3n) is 5.74. The summed E-state index contributed by atoms with van der Waals surface area (Å²) in [5, 5.41) is 6.86. The van der Waals surface area contributed by atoms with E-state index in [1.807, 2.05) is 24.5 Å². The molecule has 2 aromatic rings. The lowest BCUT2D eigenvalue weighted by atomic mass is 9.96. The Morgan fingerprint density at radius 1 is 1.09 bits per heavy atom. The number of carbonyl (C=O) groups is 2. The molecule has 1 saturated carbocycles. The molecule has 2 aliphatic rings. The number of rotatable bonds is 9. The fourth-order valence-electron chi connectivity index (χ4n) is 3.63. The van der Waals surface area contributed by atoms with Crippen molar-refractivity contribution in [3.8, 4) is 0 Å². The molecule has 2 fully saturated rings. The SMILES string of the molecule is CSc1ccc(CNC(=O)CSc2cc(N3CCC(C(=O)NC4CC4)CC3)ncn2)cc1. The highest BCUT2D eigenvalue weighted by atomic mass is 32.2. The van der Waals surface area contributed by atoms with Gasteiger partial charge in [0.25, 0.3) is 0 Å². The lowest BCUT2D eigenvalue weighted by Gasteiger charge is -2.32. The molecule has 0 bridgehead atoms. The van der Waals surface area contributed by atoms with Gasteiger partial charge in [-0.1, -0.05) is 23.9 Å². The van der Waals surface area contributed by atoms with Gasteiger partial charge < -0.3 is 15.5 Å². The molecule has 4 rings (SSSR count). The molecule has 32 heavy (non-hydrogen) atoms. The minimum Gasteiger partial charge on any atom is -0.356 e. The maximum Gasteiger partial charge on any atom is 0.230 e. The summed E-state index contributed by atoms with van der Waals surface area (Å²) in [5.41, 5.74) is 1.08. The second-order valence-corrected chi connectivity index (χ2v) is 10.0. The van der Waals surface area contributed by atoms with Gasteiger partial charge in [0.2, 0.25) is 11.8 Å². The Balaban J connectivity index is 1.21. The fraction of sp³-hybridized carbons (Fsp3) is 0.478. The Morgan fingerprint density at radius 2 is 1.84 bits per heavy atom. The van der Waals surface area contributed by atoms with E-state index >= 15 is 0 Å². The van der Waals surface area contributed by atoms with Crippen LogP contribution < -0.4 is 15.5 Å². The predicted molar refractivity (Wildman–Crippen MR) is 129 cm³/mol. The van der Waals surface area contributed by atoms with Gasteiger partial charge in [-0.05, 0) is 49.6 Å². The number of hydrogen-bond acceptors (Lipinski definition) is 7. The molecule has 2 amide bonds. The summed E-state index contributed by atoms with van der Waals surface area (Å²) in [5.74, 6) is 1.45. The lowest BCUT2D eigenvalue weighted by Crippen LogP contribution is -2.41. The molecule has 0 spiro atoms. The average molecular weight is 472 g/mol. The second-order valence-electron chi connectivity index (χ2n) is 8.17. The molecule has 1 aliphatic heterocycles. The predicted octanol–water partition coefficient (Wildman–Crippen LogP) is 3.10. The van der Waals surface area contributed by atoms with E-state index in [2.05, 4.69) is 37.6 Å². The molecule has 1 saturated heterocycles. The number of hydrogen-bond donors (Lipinski definition) is 2. The van der Waals surface area contributed by atoms with Crippen molar-refractivity contribution in [1.29, 1.82) is 0 Å². The maximum atomic E-state index is 12.3. The molecule has 170 valence electrons. The zero-order valence-electron chi connectivity index (χ0n) is 18.3. The topological polar surface area (TPSA) is 87.2 Å². The number of piperidine rings is 1. The number of aromatic nitrogens is 2. The first-order chi connectivity index (χ1) is 15.6. The van der Waals surface area contributed by atoms with Gasteiger partial charge in [0.1, 0.15) is 17.2 Å². The van der Waals surface area contributed by atoms with Gasteiger partial charge >= 0.3 is 0 Å². The first kappa shape index (κ1) is 22.9. The van der Waals surface area contributed by atoms with Crippen LogP contribution in [-0.4, -0.2) is 52.9 Å². The highest BCUT2D eigenvalue weighted by molar-refractivity contribution is 7.99. The third-order valence-corrected chi connectivity index (χ3v) is 7.41. The second kappa shape index (κ2) is 11.0. The minimum atomic E-state index is -0.0217. The maximum absolute atomic E-state index is 12.3. The standard InChI is InChI=1S/C23H29N5O2S2/c1-31-19-6-2-16(3-7-19)13-24-21(29)14-32-22-12-20(25-15-26-22)28-10-8-17(9-11-28)23(30)27-18-4-5-18/h2-3,6-7,12,15,17-18H,4-5,8-11,13-14H2,1H3,(H,24,29)(H,27,30). The number of thioether (sulfide) groups is 2. The van der Waals surface area contributed by atoms with E-state index in [0.717, 1.165) is 55.2 Å². The third kappa shape index (κ3) is 6.62. The average Bonchev–Trinajstić information content (AvgIpc) is 3.66. The quantitative estimate of drug-likeness (QED) is 0.429. The van der Waals surface area contributed by atoms with E-state index in [4.69, 9.17) is 0 Å². The summed E-state index contributed by atoms with van der Waals surface area (Å²) in [6.07, 6.45) is 7.51. The van der Waals surface area contributed by atoms with Crippen molar-refractivity contribution in [3.05, 3.63) is 42.2 Å². The van der Waals surface area contributed by atoms with E-state index in [1.54, 1.807) is 18.1 Å². The largest absolute Gasteiger partial charge is 0.356 e. The molecule has 1 aliphatic carbocycles. The van der Waals surface area contributed by atoms with Crippen LogP contribution in [0, 0.1) is 5.92 Å². The number of anilines is 1. The number of amides is 2. The number of carbonyl (C=O) groups excluding carboxylic acids is 2. The Labute approximate surface area is 197 Å². The van der Waals surface area contributed by atoms with Crippen LogP contribution in [0.3, 0.4) is 0 Å². The van der Waals surface area contributed by atoms with Gasteiger partial charge in [-0.3, -0.25) is 9.59 Å². The minimum absolute atomic E-state index is 0.0217. The molecular formula is C23H29N5O2S2. The van der Waals surface area contributed by atoms with Crippen LogP contribution in [0.5, 0.6) is 0 Å². The molecule has 2 N–H and O–H groups in total. The van der Waals surface area contributed by atoms with Gasteiger partial charge in [-0.25, -0.2) is 9.97 Å². The van der Waals surface area contributed by atoms with Gasteiger partial charge in [0.15, 0.2) is 0 Å². The van der Waals surface area contributed by atoms with E-state index in [9.17, 15) is 9.59 Å². The van der Waals surface area contributed by atoms with Crippen molar-refractivity contribution in [3.63, 3.8) is 0 Å². The van der Waals surface area contributed by atoms with Gasteiger partial charge in [-0.2, -0.15) is 0 Å². The zero-order valence-corrected chi connectivity index (χ0v) is 19.9. The van der Waals surface area contributed by atoms with Gasteiger partial charge in [0, 0.05) is 42.6 Å². The van der Waals surface area contributed by atoms with E-state index < -0.39 is 0 Å². The molecular weight excluding hydrogens is 442 g/mol. The Hall–Kier alpha value is -2.26. The molecule has 0 unspecified atom stereocenters.